The number of benzene rings is 1. The molecule has 6 heteroatoms. The molecule has 0 saturated heterocycles. The Bertz CT molecular complexity index is 826. The summed E-state index contributed by atoms with van der Waals surface area (Å²) in [5, 5.41) is 2.95. The maximum atomic E-state index is 12.5. The van der Waals surface area contributed by atoms with Gasteiger partial charge in [-0.15, -0.1) is 11.3 Å². The monoisotopic (exact) mass is 356 g/mol. The van der Waals surface area contributed by atoms with E-state index in [1.54, 1.807) is 7.11 Å². The first-order valence-corrected chi connectivity index (χ1v) is 9.32. The maximum Gasteiger partial charge on any atom is 0.261 e. The Balaban J connectivity index is 1.43. The molecule has 2 amide bonds. The molecule has 1 N–H and O–H groups in total. The van der Waals surface area contributed by atoms with Crippen LogP contribution in [0.1, 0.15) is 33.0 Å². The van der Waals surface area contributed by atoms with Crippen LogP contribution in [0.2, 0.25) is 0 Å². The number of hydrogen-bond donors (Lipinski definition) is 1. The minimum absolute atomic E-state index is 0.0963. The van der Waals surface area contributed by atoms with Gasteiger partial charge in [0.25, 0.3) is 5.91 Å². The standard InChI is InChI=1S/C19H20N2O3S/c1-24-14-4-2-3-12(9-14)11-20-18(22)17-10-15-16(25-17)7-8-21(15)19(23)13-5-6-13/h2-4,9-10,13H,5-8,11H2,1H3,(H,20,22). The minimum Gasteiger partial charge on any atom is -0.497 e. The number of nitrogens with zero attached hydrogens (tertiary/aromatic N) is 1. The highest BCUT2D eigenvalue weighted by atomic mass is 32.1. The van der Waals surface area contributed by atoms with Gasteiger partial charge in [-0.2, -0.15) is 0 Å². The van der Waals surface area contributed by atoms with Crippen molar-refractivity contribution in [3.8, 4) is 5.75 Å². The van der Waals surface area contributed by atoms with E-state index in [1.807, 2.05) is 35.2 Å². The molecule has 1 aromatic heterocycles. The Morgan fingerprint density at radius 3 is 2.92 bits per heavy atom. The second-order valence-electron chi connectivity index (χ2n) is 6.47. The summed E-state index contributed by atoms with van der Waals surface area (Å²) in [6.07, 6.45) is 2.85. The van der Waals surface area contributed by atoms with Crippen molar-refractivity contribution in [2.24, 2.45) is 5.92 Å². The lowest BCUT2D eigenvalue weighted by Crippen LogP contribution is -2.30. The Labute approximate surface area is 150 Å². The average molecular weight is 356 g/mol. The van der Waals surface area contributed by atoms with Crippen molar-refractivity contribution in [3.05, 3.63) is 45.6 Å². The van der Waals surface area contributed by atoms with Crippen LogP contribution >= 0.6 is 11.3 Å². The molecule has 1 aliphatic heterocycles. The molecule has 0 bridgehead atoms. The van der Waals surface area contributed by atoms with Crippen molar-refractivity contribution in [1.82, 2.24) is 5.32 Å². The summed E-state index contributed by atoms with van der Waals surface area (Å²) in [7, 11) is 1.62. The summed E-state index contributed by atoms with van der Waals surface area (Å²) in [5.74, 6) is 1.10. The second kappa shape index (κ2) is 6.52. The van der Waals surface area contributed by atoms with E-state index in [9.17, 15) is 9.59 Å². The number of rotatable bonds is 5. The van der Waals surface area contributed by atoms with Gasteiger partial charge < -0.3 is 15.0 Å². The van der Waals surface area contributed by atoms with Crippen LogP contribution in [-0.2, 0) is 17.8 Å². The molecule has 25 heavy (non-hydrogen) atoms. The molecule has 2 heterocycles. The molecule has 1 fully saturated rings. The highest BCUT2D eigenvalue weighted by Crippen LogP contribution is 2.40. The first-order chi connectivity index (χ1) is 12.2. The van der Waals surface area contributed by atoms with Crippen LogP contribution in [0.5, 0.6) is 5.75 Å². The van der Waals surface area contributed by atoms with Gasteiger partial charge in [-0.25, -0.2) is 0 Å². The number of nitrogens with one attached hydrogen (secondary N) is 1. The summed E-state index contributed by atoms with van der Waals surface area (Å²) in [4.78, 5) is 28.5. The van der Waals surface area contributed by atoms with E-state index in [-0.39, 0.29) is 17.7 Å². The van der Waals surface area contributed by atoms with Gasteiger partial charge in [0.05, 0.1) is 17.7 Å². The summed E-state index contributed by atoms with van der Waals surface area (Å²) >= 11 is 1.50. The van der Waals surface area contributed by atoms with Crippen molar-refractivity contribution < 1.29 is 14.3 Å². The molecule has 0 radical (unpaired) electrons. The van der Waals surface area contributed by atoms with Crippen molar-refractivity contribution >= 4 is 28.8 Å². The fraction of sp³-hybridized carbons (Fsp3) is 0.368. The van der Waals surface area contributed by atoms with E-state index in [4.69, 9.17) is 4.74 Å². The number of thiophene rings is 1. The number of anilines is 1. The van der Waals surface area contributed by atoms with Crippen molar-refractivity contribution in [2.45, 2.75) is 25.8 Å². The van der Waals surface area contributed by atoms with E-state index < -0.39 is 0 Å². The molecule has 4 rings (SSSR count). The third-order valence-corrected chi connectivity index (χ3v) is 5.83. The van der Waals surface area contributed by atoms with E-state index in [0.29, 0.717) is 11.4 Å². The van der Waals surface area contributed by atoms with Crippen LogP contribution in [0, 0.1) is 5.92 Å². The molecule has 1 aliphatic carbocycles. The lowest BCUT2D eigenvalue weighted by molar-refractivity contribution is -0.119. The van der Waals surface area contributed by atoms with Crippen LogP contribution in [-0.4, -0.2) is 25.5 Å². The number of fused-ring (bicyclic) bond motifs is 1. The SMILES string of the molecule is COc1cccc(CNC(=O)c2cc3c(s2)CCN3C(=O)C2CC2)c1. The minimum atomic E-state index is -0.0963. The van der Waals surface area contributed by atoms with Gasteiger partial charge in [0.1, 0.15) is 5.75 Å². The van der Waals surface area contributed by atoms with Gasteiger partial charge >= 0.3 is 0 Å². The lowest BCUT2D eigenvalue weighted by Gasteiger charge is -2.15. The maximum absolute atomic E-state index is 12.5. The van der Waals surface area contributed by atoms with E-state index in [2.05, 4.69) is 5.32 Å². The lowest BCUT2D eigenvalue weighted by atomic mass is 10.2. The smallest absolute Gasteiger partial charge is 0.261 e. The van der Waals surface area contributed by atoms with Gasteiger partial charge in [0, 0.05) is 30.3 Å². The number of hydrogen-bond acceptors (Lipinski definition) is 4. The number of carbonyl (C=O) groups excluding carboxylic acids is 2. The van der Waals surface area contributed by atoms with Crippen LogP contribution in [0.3, 0.4) is 0 Å². The molecular formula is C19H20N2O3S. The fourth-order valence-corrected chi connectivity index (χ4v) is 4.17. The Hall–Kier alpha value is -2.34. The van der Waals surface area contributed by atoms with E-state index in [0.717, 1.165) is 47.7 Å². The highest BCUT2D eigenvalue weighted by Gasteiger charge is 2.37. The molecule has 1 aromatic carbocycles. The Morgan fingerprint density at radius 2 is 2.16 bits per heavy atom. The molecular weight excluding hydrogens is 336 g/mol. The summed E-state index contributed by atoms with van der Waals surface area (Å²) < 4.78 is 5.20. The van der Waals surface area contributed by atoms with Crippen molar-refractivity contribution in [1.29, 1.82) is 0 Å². The van der Waals surface area contributed by atoms with Crippen LogP contribution in [0.25, 0.3) is 0 Å². The van der Waals surface area contributed by atoms with Crippen LogP contribution in [0.15, 0.2) is 30.3 Å². The summed E-state index contributed by atoms with van der Waals surface area (Å²) in [5.41, 5.74) is 1.93. The first kappa shape index (κ1) is 16.1. The summed E-state index contributed by atoms with van der Waals surface area (Å²) in [6, 6.07) is 9.51. The molecule has 5 nitrogen and oxygen atoms in total. The largest absolute Gasteiger partial charge is 0.497 e. The van der Waals surface area contributed by atoms with E-state index in [1.165, 1.54) is 11.3 Å². The first-order valence-electron chi connectivity index (χ1n) is 8.51. The van der Waals surface area contributed by atoms with Gasteiger partial charge in [-0.05, 0) is 36.6 Å². The normalized spacial score (nSPS) is 15.8. The predicted octanol–water partition coefficient (Wildman–Crippen LogP) is 2.99. The van der Waals surface area contributed by atoms with Gasteiger partial charge in [0.15, 0.2) is 0 Å². The van der Waals surface area contributed by atoms with Crippen molar-refractivity contribution in [3.63, 3.8) is 0 Å². The quantitative estimate of drug-likeness (QED) is 0.896. The molecule has 0 spiro atoms. The third-order valence-electron chi connectivity index (χ3n) is 4.64. The molecule has 1 saturated carbocycles. The highest BCUT2D eigenvalue weighted by molar-refractivity contribution is 7.14. The Morgan fingerprint density at radius 1 is 1.32 bits per heavy atom. The zero-order valence-electron chi connectivity index (χ0n) is 14.1. The van der Waals surface area contributed by atoms with Crippen LogP contribution < -0.4 is 15.0 Å². The van der Waals surface area contributed by atoms with E-state index >= 15 is 0 Å². The average Bonchev–Trinajstić information content (AvgIpc) is 3.28. The van der Waals surface area contributed by atoms with Gasteiger partial charge in [-0.3, -0.25) is 9.59 Å². The van der Waals surface area contributed by atoms with Crippen molar-refractivity contribution in [2.75, 3.05) is 18.6 Å². The fourth-order valence-electron chi connectivity index (χ4n) is 3.10. The zero-order valence-corrected chi connectivity index (χ0v) is 14.9. The second-order valence-corrected chi connectivity index (χ2v) is 7.60. The number of ether oxygens (including phenoxy) is 1. The van der Waals surface area contributed by atoms with Crippen LogP contribution in [0.4, 0.5) is 5.69 Å². The Kier molecular flexibility index (Phi) is 4.21. The molecule has 2 aromatic rings. The zero-order chi connectivity index (χ0) is 17.4. The number of methoxy groups -OCH3 is 1. The molecule has 2 aliphatic rings. The summed E-state index contributed by atoms with van der Waals surface area (Å²) in [6.45, 7) is 1.20. The number of amides is 2. The molecule has 0 unspecified atom stereocenters. The van der Waals surface area contributed by atoms with Gasteiger partial charge in [0.2, 0.25) is 5.91 Å². The third kappa shape index (κ3) is 3.26. The number of carbonyl (C=O) groups is 2. The topological polar surface area (TPSA) is 58.6 Å². The molecule has 130 valence electrons. The molecule has 0 atom stereocenters. The van der Waals surface area contributed by atoms with Gasteiger partial charge in [-0.1, -0.05) is 12.1 Å². The predicted molar refractivity (Wildman–Crippen MR) is 97.3 cm³/mol.